The van der Waals surface area contributed by atoms with E-state index >= 15 is 0 Å². The quantitative estimate of drug-likeness (QED) is 0.688. The topological polar surface area (TPSA) is 63.2 Å². The van der Waals surface area contributed by atoms with Gasteiger partial charge in [-0.2, -0.15) is 0 Å². The third kappa shape index (κ3) is 2.94. The van der Waals surface area contributed by atoms with Gasteiger partial charge in [0.15, 0.2) is 0 Å². The minimum atomic E-state index is -3.70. The lowest BCUT2D eigenvalue weighted by molar-refractivity contribution is -0.116. The van der Waals surface area contributed by atoms with E-state index < -0.39 is 9.84 Å². The molecule has 0 spiro atoms. The van der Waals surface area contributed by atoms with E-state index in [4.69, 9.17) is 11.6 Å². The fraction of sp³-hybridized carbons (Fsp3) is 0.105. The Bertz CT molecular complexity index is 1070. The molecule has 0 fully saturated rings. The maximum atomic E-state index is 13.0. The highest BCUT2D eigenvalue weighted by Crippen LogP contribution is 2.45. The van der Waals surface area contributed by atoms with Crippen LogP contribution >= 0.6 is 22.9 Å². The molecular weight excluding hydrogens is 390 g/mol. The van der Waals surface area contributed by atoms with Crippen LogP contribution in [0.4, 0.5) is 5.69 Å². The second kappa shape index (κ2) is 6.54. The molecule has 7 heteroatoms. The van der Waals surface area contributed by atoms with Crippen molar-refractivity contribution in [3.63, 3.8) is 0 Å². The number of hydrogen-bond donors (Lipinski definition) is 1. The van der Waals surface area contributed by atoms with E-state index in [0.717, 1.165) is 10.4 Å². The smallest absolute Gasteiger partial charge is 0.225 e. The first-order valence-electron chi connectivity index (χ1n) is 7.93. The van der Waals surface area contributed by atoms with Crippen LogP contribution in [0.5, 0.6) is 0 Å². The molecule has 0 unspecified atom stereocenters. The number of hydrogen-bond acceptors (Lipinski definition) is 4. The van der Waals surface area contributed by atoms with Crippen molar-refractivity contribution in [2.75, 3.05) is 5.32 Å². The Morgan fingerprint density at radius 2 is 1.73 bits per heavy atom. The first kappa shape index (κ1) is 17.3. The molecule has 4 nitrogen and oxygen atoms in total. The van der Waals surface area contributed by atoms with Crippen molar-refractivity contribution in [1.29, 1.82) is 0 Å². The summed E-state index contributed by atoms with van der Waals surface area (Å²) in [6.45, 7) is 0. The van der Waals surface area contributed by atoms with Gasteiger partial charge in [-0.1, -0.05) is 41.9 Å². The van der Waals surface area contributed by atoms with Crippen LogP contribution in [0.1, 0.15) is 22.8 Å². The normalized spacial score (nSPS) is 16.8. The first-order chi connectivity index (χ1) is 12.5. The molecule has 1 aliphatic heterocycles. The lowest BCUT2D eigenvalue weighted by atomic mass is 9.91. The largest absolute Gasteiger partial charge is 0.324 e. The molecule has 1 aromatic heterocycles. The van der Waals surface area contributed by atoms with Crippen LogP contribution in [0.15, 0.2) is 69.8 Å². The highest BCUT2D eigenvalue weighted by atomic mass is 35.5. The van der Waals surface area contributed by atoms with Crippen LogP contribution in [-0.2, 0) is 14.6 Å². The van der Waals surface area contributed by atoms with Gasteiger partial charge in [0.1, 0.15) is 4.90 Å². The Labute approximate surface area is 160 Å². The van der Waals surface area contributed by atoms with Gasteiger partial charge >= 0.3 is 0 Å². The molecule has 0 saturated heterocycles. The number of nitrogens with one attached hydrogen (secondary N) is 1. The molecule has 0 bridgehead atoms. The van der Waals surface area contributed by atoms with Crippen LogP contribution in [-0.4, -0.2) is 14.3 Å². The van der Waals surface area contributed by atoms with Crippen molar-refractivity contribution in [2.24, 2.45) is 0 Å². The molecule has 1 aliphatic rings. The van der Waals surface area contributed by atoms with Gasteiger partial charge in [0, 0.05) is 27.6 Å². The highest BCUT2D eigenvalue weighted by molar-refractivity contribution is 7.91. The molecule has 1 atom stereocenters. The third-order valence-electron chi connectivity index (χ3n) is 4.37. The number of halogens is 1. The summed E-state index contributed by atoms with van der Waals surface area (Å²) in [6.07, 6.45) is 0.278. The van der Waals surface area contributed by atoms with Crippen molar-refractivity contribution < 1.29 is 13.2 Å². The Kier molecular flexibility index (Phi) is 4.34. The van der Waals surface area contributed by atoms with E-state index in [1.807, 2.05) is 12.1 Å². The van der Waals surface area contributed by atoms with Crippen molar-refractivity contribution in [3.05, 3.63) is 75.4 Å². The zero-order valence-electron chi connectivity index (χ0n) is 13.5. The summed E-state index contributed by atoms with van der Waals surface area (Å²) in [5.74, 6) is -0.374. The van der Waals surface area contributed by atoms with Gasteiger partial charge < -0.3 is 5.32 Å². The number of carbonyl (C=O) groups is 1. The number of rotatable bonds is 3. The van der Waals surface area contributed by atoms with Gasteiger partial charge in [0.2, 0.25) is 15.7 Å². The predicted molar refractivity (Wildman–Crippen MR) is 103 cm³/mol. The van der Waals surface area contributed by atoms with E-state index in [-0.39, 0.29) is 28.0 Å². The van der Waals surface area contributed by atoms with Crippen LogP contribution < -0.4 is 5.32 Å². The molecule has 2 aromatic carbocycles. The van der Waals surface area contributed by atoms with Crippen LogP contribution in [0.3, 0.4) is 0 Å². The zero-order chi connectivity index (χ0) is 18.3. The summed E-state index contributed by atoms with van der Waals surface area (Å²) in [4.78, 5) is 13.5. The molecule has 2 heterocycles. The molecule has 0 saturated carbocycles. The van der Waals surface area contributed by atoms with Crippen molar-refractivity contribution >= 4 is 44.4 Å². The average molecular weight is 404 g/mol. The number of fused-ring (bicyclic) bond motifs is 1. The number of thiophene rings is 1. The van der Waals surface area contributed by atoms with Crippen LogP contribution in [0, 0.1) is 0 Å². The van der Waals surface area contributed by atoms with E-state index in [2.05, 4.69) is 5.32 Å². The lowest BCUT2D eigenvalue weighted by Crippen LogP contribution is -2.23. The number of anilines is 1. The monoisotopic (exact) mass is 403 g/mol. The summed E-state index contributed by atoms with van der Waals surface area (Å²) in [7, 11) is -3.70. The number of benzene rings is 2. The van der Waals surface area contributed by atoms with Crippen molar-refractivity contribution in [2.45, 2.75) is 22.1 Å². The number of amides is 1. The van der Waals surface area contributed by atoms with E-state index in [1.54, 1.807) is 47.8 Å². The molecule has 1 N–H and O–H groups in total. The predicted octanol–water partition coefficient (Wildman–Crippen LogP) is 4.71. The fourth-order valence-corrected chi connectivity index (χ4v) is 6.15. The van der Waals surface area contributed by atoms with E-state index in [0.29, 0.717) is 10.7 Å². The van der Waals surface area contributed by atoms with E-state index in [1.165, 1.54) is 11.3 Å². The third-order valence-corrected chi connectivity index (χ3v) is 7.66. The van der Waals surface area contributed by atoms with Gasteiger partial charge in [0.05, 0.1) is 10.6 Å². The number of carbonyl (C=O) groups excluding carboxylic acids is 1. The Hall–Kier alpha value is -2.15. The minimum Gasteiger partial charge on any atom is -0.324 e. The van der Waals surface area contributed by atoms with Crippen molar-refractivity contribution in [1.82, 2.24) is 0 Å². The summed E-state index contributed by atoms with van der Waals surface area (Å²) in [5, 5.41) is 4.99. The Balaban J connectivity index is 1.83. The molecule has 0 aliphatic carbocycles. The van der Waals surface area contributed by atoms with E-state index in [9.17, 15) is 13.2 Å². The average Bonchev–Trinajstić information content (AvgIpc) is 3.07. The molecule has 26 heavy (non-hydrogen) atoms. The summed E-state index contributed by atoms with van der Waals surface area (Å²) < 4.78 is 26.0. The zero-order valence-corrected chi connectivity index (χ0v) is 15.9. The minimum absolute atomic E-state index is 0.149. The maximum Gasteiger partial charge on any atom is 0.225 e. The first-order valence-corrected chi connectivity index (χ1v) is 10.7. The summed E-state index contributed by atoms with van der Waals surface area (Å²) in [5.41, 5.74) is 1.34. The number of sulfone groups is 1. The second-order valence-corrected chi connectivity index (χ2v) is 9.28. The molecule has 3 aromatic rings. The fourth-order valence-electron chi connectivity index (χ4n) is 3.09. The summed E-state index contributed by atoms with van der Waals surface area (Å²) >= 11 is 7.31. The van der Waals surface area contributed by atoms with Gasteiger partial charge in [-0.25, -0.2) is 8.42 Å². The van der Waals surface area contributed by atoms with Gasteiger partial charge in [-0.3, -0.25) is 4.79 Å². The SMILES string of the molecule is O=C1C[C@H](c2ccc(Cl)cc2)c2scc(S(=O)(=O)c3ccccc3)c2N1. The molecule has 4 rings (SSSR count). The molecular formula is C19H14ClNO3S2. The van der Waals surface area contributed by atoms with Gasteiger partial charge in [-0.15, -0.1) is 11.3 Å². The highest BCUT2D eigenvalue weighted by Gasteiger charge is 2.34. The second-order valence-electron chi connectivity index (χ2n) is 6.01. The van der Waals surface area contributed by atoms with Crippen molar-refractivity contribution in [3.8, 4) is 0 Å². The maximum absolute atomic E-state index is 13.0. The van der Waals surface area contributed by atoms with Crippen LogP contribution in [0.25, 0.3) is 0 Å². The molecule has 132 valence electrons. The van der Waals surface area contributed by atoms with Gasteiger partial charge in [0.25, 0.3) is 0 Å². The molecule has 1 amide bonds. The lowest BCUT2D eigenvalue weighted by Gasteiger charge is -2.23. The Morgan fingerprint density at radius 3 is 2.42 bits per heavy atom. The molecule has 0 radical (unpaired) electrons. The standard InChI is InChI=1S/C19H14ClNO3S2/c20-13-8-6-12(7-9-13)15-10-17(22)21-18-16(11-25-19(15)18)26(23,24)14-4-2-1-3-5-14/h1-9,11,15H,10H2,(H,21,22)/t15-/m1/s1. The Morgan fingerprint density at radius 1 is 1.04 bits per heavy atom. The van der Waals surface area contributed by atoms with Gasteiger partial charge in [-0.05, 0) is 29.8 Å². The summed E-state index contributed by atoms with van der Waals surface area (Å²) in [6, 6.07) is 15.5. The van der Waals surface area contributed by atoms with Crippen LogP contribution in [0.2, 0.25) is 5.02 Å².